The summed E-state index contributed by atoms with van der Waals surface area (Å²) < 4.78 is 18.3. The van der Waals surface area contributed by atoms with Crippen molar-refractivity contribution in [1.29, 1.82) is 0 Å². The summed E-state index contributed by atoms with van der Waals surface area (Å²) in [4.78, 5) is 25.1. The van der Waals surface area contributed by atoms with Crippen molar-refractivity contribution >= 4 is 5.78 Å². The summed E-state index contributed by atoms with van der Waals surface area (Å²) in [6.45, 7) is 4.17. The molecule has 8 nitrogen and oxygen atoms in total. The molecule has 3 heterocycles. The zero-order chi connectivity index (χ0) is 23.1. The number of carbonyl (C=O) groups is 1. The molecule has 0 bridgehead atoms. The van der Waals surface area contributed by atoms with Crippen LogP contribution in [0.5, 0.6) is 6.01 Å². The number of aliphatic hydroxyl groups excluding tert-OH is 1. The number of aliphatic hydroxyl groups is 1. The maximum absolute atomic E-state index is 14.0. The second-order valence-electron chi connectivity index (χ2n) is 10.3. The summed E-state index contributed by atoms with van der Waals surface area (Å²) >= 11 is 0. The fourth-order valence-corrected chi connectivity index (χ4v) is 6.81. The quantitative estimate of drug-likeness (QED) is 0.718. The molecular formula is C25H37N3O5. The van der Waals surface area contributed by atoms with Gasteiger partial charge in [-0.2, -0.15) is 4.98 Å². The molecule has 1 aromatic heterocycles. The molecule has 2 saturated carbocycles. The third-order valence-electron chi connectivity index (χ3n) is 8.52. The molecule has 2 spiro atoms. The highest BCUT2D eigenvalue weighted by atomic mass is 16.7. The Bertz CT molecular complexity index is 856. The van der Waals surface area contributed by atoms with Gasteiger partial charge < -0.3 is 19.3 Å². The summed E-state index contributed by atoms with van der Waals surface area (Å²) in [7, 11) is 2.11. The average molecular weight is 460 g/mol. The van der Waals surface area contributed by atoms with Crippen molar-refractivity contribution in [3.63, 3.8) is 0 Å². The van der Waals surface area contributed by atoms with Crippen LogP contribution in [0.1, 0.15) is 76.5 Å². The number of aromatic nitrogens is 2. The van der Waals surface area contributed by atoms with Crippen molar-refractivity contribution in [2.24, 2.45) is 11.3 Å². The first-order chi connectivity index (χ1) is 16.0. The van der Waals surface area contributed by atoms with E-state index in [2.05, 4.69) is 21.9 Å². The van der Waals surface area contributed by atoms with Crippen LogP contribution in [0.2, 0.25) is 0 Å². The Hall–Kier alpha value is -1.61. The highest BCUT2D eigenvalue weighted by Crippen LogP contribution is 2.57. The summed E-state index contributed by atoms with van der Waals surface area (Å²) in [6, 6.07) is 2.28. The number of carbonyl (C=O) groups excluding carboxylic acids is 1. The Labute approximate surface area is 196 Å². The number of likely N-dealkylation sites (tertiary alicyclic amines) is 1. The minimum absolute atomic E-state index is 0.0526. The standard InChI is InChI=1S/C25H37N3O5/c1-17(20-8-6-14-28(20)2)33-23-26-13-9-19(27-23)21(29)18-7-5-11-24(22(18)30)10-3-4-12-25(24)31-15-16-32-25/h9,13,17-18,20-21,29H,3-8,10-12,14-16H2,1-2H3/t17-,18?,20-,21?,24?/m0/s1. The van der Waals surface area contributed by atoms with Crippen LogP contribution in [0, 0.1) is 11.3 Å². The van der Waals surface area contributed by atoms with E-state index in [0.717, 1.165) is 57.9 Å². The fourth-order valence-electron chi connectivity index (χ4n) is 6.81. The maximum atomic E-state index is 14.0. The largest absolute Gasteiger partial charge is 0.459 e. The van der Waals surface area contributed by atoms with Gasteiger partial charge in [0.2, 0.25) is 0 Å². The van der Waals surface area contributed by atoms with Crippen LogP contribution in [0.15, 0.2) is 12.3 Å². The third kappa shape index (κ3) is 3.99. The number of hydrogen-bond acceptors (Lipinski definition) is 8. The van der Waals surface area contributed by atoms with E-state index >= 15 is 0 Å². The number of ketones is 1. The van der Waals surface area contributed by atoms with Gasteiger partial charge in [-0.1, -0.05) is 12.8 Å². The molecule has 182 valence electrons. The van der Waals surface area contributed by atoms with Crippen molar-refractivity contribution in [3.8, 4) is 6.01 Å². The first-order valence-corrected chi connectivity index (χ1v) is 12.7. The lowest BCUT2D eigenvalue weighted by atomic mass is 9.57. The van der Waals surface area contributed by atoms with Gasteiger partial charge in [0.25, 0.3) is 0 Å². The minimum atomic E-state index is -0.995. The summed E-state index contributed by atoms with van der Waals surface area (Å²) in [5.74, 6) is -1.27. The van der Waals surface area contributed by atoms with Crippen LogP contribution in [0.25, 0.3) is 0 Å². The van der Waals surface area contributed by atoms with Crippen LogP contribution in [-0.4, -0.2) is 70.5 Å². The molecule has 8 heteroatoms. The Balaban J connectivity index is 1.34. The molecule has 4 aliphatic rings. The van der Waals surface area contributed by atoms with E-state index in [-0.39, 0.29) is 17.9 Å². The molecule has 0 amide bonds. The van der Waals surface area contributed by atoms with Crippen LogP contribution in [-0.2, 0) is 14.3 Å². The van der Waals surface area contributed by atoms with Crippen LogP contribution < -0.4 is 4.74 Å². The van der Waals surface area contributed by atoms with Crippen molar-refractivity contribution in [1.82, 2.24) is 14.9 Å². The Morgan fingerprint density at radius 3 is 2.67 bits per heavy atom. The van der Waals surface area contributed by atoms with E-state index < -0.39 is 23.2 Å². The van der Waals surface area contributed by atoms with Crippen LogP contribution in [0.3, 0.4) is 0 Å². The summed E-state index contributed by atoms with van der Waals surface area (Å²) in [5.41, 5.74) is -0.222. The topological polar surface area (TPSA) is 94.0 Å². The minimum Gasteiger partial charge on any atom is -0.459 e. The summed E-state index contributed by atoms with van der Waals surface area (Å²) in [5, 5.41) is 11.3. The van der Waals surface area contributed by atoms with Gasteiger partial charge >= 0.3 is 6.01 Å². The predicted octanol–water partition coefficient (Wildman–Crippen LogP) is 3.04. The van der Waals surface area contributed by atoms with E-state index in [4.69, 9.17) is 14.2 Å². The average Bonchev–Trinajstić information content (AvgIpc) is 3.47. The van der Waals surface area contributed by atoms with Gasteiger partial charge in [-0.25, -0.2) is 4.98 Å². The number of ether oxygens (including phenoxy) is 3. The van der Waals surface area contributed by atoms with Crippen molar-refractivity contribution in [2.75, 3.05) is 26.8 Å². The molecule has 2 aliphatic heterocycles. The van der Waals surface area contributed by atoms with Crippen molar-refractivity contribution in [3.05, 3.63) is 18.0 Å². The van der Waals surface area contributed by atoms with Crippen molar-refractivity contribution < 1.29 is 24.1 Å². The van der Waals surface area contributed by atoms with Gasteiger partial charge in [0.05, 0.1) is 30.2 Å². The number of likely N-dealkylation sites (N-methyl/N-ethyl adjacent to an activating group) is 1. The molecule has 33 heavy (non-hydrogen) atoms. The molecule has 2 aliphatic carbocycles. The number of rotatable bonds is 5. The molecule has 2 saturated heterocycles. The molecular weight excluding hydrogens is 422 g/mol. The lowest BCUT2D eigenvalue weighted by Crippen LogP contribution is -2.59. The van der Waals surface area contributed by atoms with Gasteiger partial charge in [0.1, 0.15) is 18.0 Å². The van der Waals surface area contributed by atoms with Gasteiger partial charge in [-0.15, -0.1) is 0 Å². The van der Waals surface area contributed by atoms with E-state index in [1.807, 2.05) is 6.92 Å². The third-order valence-corrected chi connectivity index (χ3v) is 8.52. The molecule has 0 radical (unpaired) electrons. The maximum Gasteiger partial charge on any atom is 0.316 e. The molecule has 1 N–H and O–H groups in total. The molecule has 4 fully saturated rings. The first kappa shape index (κ1) is 23.1. The monoisotopic (exact) mass is 459 g/mol. The van der Waals surface area contributed by atoms with E-state index in [9.17, 15) is 9.90 Å². The first-order valence-electron chi connectivity index (χ1n) is 12.7. The molecule has 0 aromatic carbocycles. The second-order valence-corrected chi connectivity index (χ2v) is 10.3. The molecule has 5 rings (SSSR count). The Kier molecular flexibility index (Phi) is 6.46. The zero-order valence-corrected chi connectivity index (χ0v) is 19.9. The Morgan fingerprint density at radius 1 is 1.15 bits per heavy atom. The van der Waals surface area contributed by atoms with Gasteiger partial charge in [-0.05, 0) is 65.1 Å². The number of hydrogen-bond donors (Lipinski definition) is 1. The van der Waals surface area contributed by atoms with Gasteiger partial charge in [-0.3, -0.25) is 9.69 Å². The Morgan fingerprint density at radius 2 is 1.91 bits per heavy atom. The number of Topliss-reactive ketones (excluding diaryl/α,β-unsaturated/α-hetero) is 1. The van der Waals surface area contributed by atoms with Gasteiger partial charge in [0.15, 0.2) is 5.79 Å². The lowest BCUT2D eigenvalue weighted by molar-refractivity contribution is -0.257. The number of fused-ring (bicyclic) bond motifs is 1. The van der Waals surface area contributed by atoms with Gasteiger partial charge in [0, 0.05) is 18.7 Å². The van der Waals surface area contributed by atoms with E-state index in [1.54, 1.807) is 12.3 Å². The van der Waals surface area contributed by atoms with Crippen molar-refractivity contribution in [2.45, 2.75) is 88.7 Å². The van der Waals surface area contributed by atoms with Crippen LogP contribution >= 0.6 is 0 Å². The van der Waals surface area contributed by atoms with E-state index in [0.29, 0.717) is 31.4 Å². The fraction of sp³-hybridized carbons (Fsp3) is 0.800. The SMILES string of the molecule is C[C@H](Oc1nccc(C(O)C2CCCC3(CCCCC34OCCO4)C2=O)n1)[C@@H]1CCCN1C. The smallest absolute Gasteiger partial charge is 0.316 e. The zero-order valence-electron chi connectivity index (χ0n) is 19.9. The summed E-state index contributed by atoms with van der Waals surface area (Å²) in [6.07, 6.45) is 8.58. The lowest BCUT2D eigenvalue weighted by Gasteiger charge is -2.52. The molecule has 1 aromatic rings. The molecule has 3 unspecified atom stereocenters. The second kappa shape index (κ2) is 9.21. The highest BCUT2D eigenvalue weighted by molar-refractivity contribution is 5.89. The van der Waals surface area contributed by atoms with Crippen LogP contribution in [0.4, 0.5) is 0 Å². The number of nitrogens with zero attached hydrogens (tertiary/aromatic N) is 3. The van der Waals surface area contributed by atoms with E-state index in [1.165, 1.54) is 0 Å². The highest BCUT2D eigenvalue weighted by Gasteiger charge is 2.63. The predicted molar refractivity (Wildman–Crippen MR) is 121 cm³/mol. The molecule has 5 atom stereocenters. The normalized spacial score (nSPS) is 34.1.